The molecule has 194 valence electrons. The van der Waals surface area contributed by atoms with Crippen LogP contribution in [0.2, 0.25) is 0 Å². The van der Waals surface area contributed by atoms with Crippen molar-refractivity contribution in [3.8, 4) is 0 Å². The highest BCUT2D eigenvalue weighted by Crippen LogP contribution is 2.15. The van der Waals surface area contributed by atoms with E-state index in [9.17, 15) is 19.2 Å². The smallest absolute Gasteiger partial charge is 0.330 e. The van der Waals surface area contributed by atoms with Crippen LogP contribution in [0.5, 0.6) is 0 Å². The topological polar surface area (TPSA) is 140 Å². The van der Waals surface area contributed by atoms with Crippen molar-refractivity contribution >= 4 is 28.9 Å². The Bertz CT molecular complexity index is 1310. The molecular weight excluding hydrogens is 464 g/mol. The second-order valence-electron chi connectivity index (χ2n) is 8.91. The number of aromatic nitrogens is 4. The van der Waals surface area contributed by atoms with Gasteiger partial charge in [0.05, 0.1) is 0 Å². The molecule has 0 aliphatic carbocycles. The Balaban J connectivity index is 1.82. The Hall–Kier alpha value is -3.89. The van der Waals surface area contributed by atoms with E-state index in [0.717, 1.165) is 12.8 Å². The molecule has 36 heavy (non-hydrogen) atoms. The molecule has 0 saturated carbocycles. The molecule has 0 aliphatic rings. The van der Waals surface area contributed by atoms with Crippen LogP contribution in [0.4, 0.5) is 10.5 Å². The molecule has 11 heteroatoms. The van der Waals surface area contributed by atoms with Crippen molar-refractivity contribution in [3.63, 3.8) is 0 Å². The first-order chi connectivity index (χ1) is 17.3. The van der Waals surface area contributed by atoms with Crippen LogP contribution < -0.4 is 21.9 Å². The van der Waals surface area contributed by atoms with Gasteiger partial charge in [0.1, 0.15) is 18.5 Å². The normalized spacial score (nSPS) is 12.0. The molecule has 2 amide bonds. The van der Waals surface area contributed by atoms with E-state index in [1.54, 1.807) is 42.7 Å². The van der Waals surface area contributed by atoms with Crippen LogP contribution in [0.1, 0.15) is 52.8 Å². The van der Waals surface area contributed by atoms with Gasteiger partial charge < -0.3 is 19.9 Å². The van der Waals surface area contributed by atoms with E-state index in [4.69, 9.17) is 4.74 Å². The number of hydrogen-bond donors (Lipinski definition) is 3. The molecule has 2 aromatic heterocycles. The maximum Gasteiger partial charge on any atom is 0.330 e. The van der Waals surface area contributed by atoms with Gasteiger partial charge in [-0.3, -0.25) is 14.3 Å². The fourth-order valence-corrected chi connectivity index (χ4v) is 3.87. The maximum absolute atomic E-state index is 12.9. The average molecular weight is 499 g/mol. The zero-order chi connectivity index (χ0) is 26.2. The van der Waals surface area contributed by atoms with E-state index >= 15 is 0 Å². The second kappa shape index (κ2) is 12.2. The van der Waals surface area contributed by atoms with Crippen molar-refractivity contribution in [2.24, 2.45) is 5.92 Å². The number of fused-ring (bicyclic) bond motifs is 1. The molecule has 2 heterocycles. The van der Waals surface area contributed by atoms with Gasteiger partial charge in [-0.1, -0.05) is 52.3 Å². The molecule has 1 aromatic carbocycles. The highest BCUT2D eigenvalue weighted by molar-refractivity contribution is 5.92. The quantitative estimate of drug-likeness (QED) is 0.347. The van der Waals surface area contributed by atoms with Crippen molar-refractivity contribution < 1.29 is 14.3 Å². The third-order valence-corrected chi connectivity index (χ3v) is 5.73. The Morgan fingerprint density at radius 1 is 1.06 bits per heavy atom. The highest BCUT2D eigenvalue weighted by Gasteiger charge is 2.27. The summed E-state index contributed by atoms with van der Waals surface area (Å²) < 4.78 is 8.68. The molecule has 11 nitrogen and oxygen atoms in total. The summed E-state index contributed by atoms with van der Waals surface area (Å²) in [5.41, 5.74) is 0.107. The lowest BCUT2D eigenvalue weighted by Gasteiger charge is -2.21. The predicted octanol–water partition coefficient (Wildman–Crippen LogP) is 2.99. The lowest BCUT2D eigenvalue weighted by atomic mass is 10.1. The van der Waals surface area contributed by atoms with Crippen molar-refractivity contribution in [1.82, 2.24) is 24.4 Å². The number of urea groups is 1. The molecule has 0 fully saturated rings. The summed E-state index contributed by atoms with van der Waals surface area (Å²) >= 11 is 0. The fourth-order valence-electron chi connectivity index (χ4n) is 3.87. The number of carbonyl (C=O) groups is 2. The molecule has 0 aliphatic heterocycles. The number of rotatable bonds is 11. The monoisotopic (exact) mass is 498 g/mol. The number of imidazole rings is 1. The Morgan fingerprint density at radius 2 is 1.78 bits per heavy atom. The number of anilines is 1. The van der Waals surface area contributed by atoms with Crippen LogP contribution in [-0.4, -0.2) is 37.1 Å². The average Bonchev–Trinajstić information content (AvgIpc) is 3.20. The van der Waals surface area contributed by atoms with E-state index in [1.807, 2.05) is 19.9 Å². The predicted molar refractivity (Wildman–Crippen MR) is 137 cm³/mol. The minimum atomic E-state index is -0.899. The Morgan fingerprint density at radius 3 is 2.42 bits per heavy atom. The van der Waals surface area contributed by atoms with Crippen molar-refractivity contribution in [3.05, 3.63) is 57.0 Å². The lowest BCUT2D eigenvalue weighted by molar-refractivity contribution is -0.148. The van der Waals surface area contributed by atoms with Gasteiger partial charge in [0.25, 0.3) is 5.56 Å². The number of hydrogen-bond acceptors (Lipinski definition) is 6. The van der Waals surface area contributed by atoms with Gasteiger partial charge in [-0.25, -0.2) is 19.4 Å². The van der Waals surface area contributed by atoms with Crippen molar-refractivity contribution in [2.75, 3.05) is 5.32 Å². The number of benzene rings is 1. The third-order valence-electron chi connectivity index (χ3n) is 5.73. The molecule has 3 rings (SSSR count). The summed E-state index contributed by atoms with van der Waals surface area (Å²) in [4.78, 5) is 57.4. The Kier molecular flexibility index (Phi) is 9.04. The standard InChI is InChI=1S/C25H34N6O5/c1-5-7-14-31-21-20(22(32)29-25(31)35)30(13-6-2)18(27-21)15-36-23(33)19(16(3)4)28-24(34)26-17-11-9-8-10-12-17/h8-12,16,19H,5-7,13-15H2,1-4H3,(H2,26,28,34)(H,29,32,35). The number of aryl methyl sites for hydroxylation is 2. The summed E-state index contributed by atoms with van der Waals surface area (Å²) in [7, 11) is 0. The first-order valence-corrected chi connectivity index (χ1v) is 12.3. The molecule has 0 radical (unpaired) electrons. The third kappa shape index (κ3) is 6.21. The first-order valence-electron chi connectivity index (χ1n) is 12.3. The van der Waals surface area contributed by atoms with Crippen LogP contribution in [-0.2, 0) is 29.2 Å². The molecule has 3 aromatic rings. The van der Waals surface area contributed by atoms with Crippen molar-refractivity contribution in [2.45, 2.75) is 72.7 Å². The number of carbonyl (C=O) groups excluding carboxylic acids is 2. The summed E-state index contributed by atoms with van der Waals surface area (Å²) in [6.45, 7) is 8.23. The number of ether oxygens (including phenoxy) is 1. The van der Waals surface area contributed by atoms with Crippen LogP contribution in [0.15, 0.2) is 39.9 Å². The molecule has 0 bridgehead atoms. The zero-order valence-electron chi connectivity index (χ0n) is 21.2. The minimum Gasteiger partial charge on any atom is -0.456 e. The van der Waals surface area contributed by atoms with Crippen molar-refractivity contribution in [1.29, 1.82) is 0 Å². The lowest BCUT2D eigenvalue weighted by Crippen LogP contribution is -2.47. The number of nitrogens with zero attached hydrogens (tertiary/aromatic N) is 3. The minimum absolute atomic E-state index is 0.208. The fraction of sp³-hybridized carbons (Fsp3) is 0.480. The van der Waals surface area contributed by atoms with Gasteiger partial charge in [-0.2, -0.15) is 0 Å². The number of unbranched alkanes of at least 4 members (excludes halogenated alkanes) is 1. The number of H-pyrrole nitrogens is 1. The largest absolute Gasteiger partial charge is 0.456 e. The first kappa shape index (κ1) is 26.7. The Labute approximate surface area is 208 Å². The van der Waals surface area contributed by atoms with E-state index in [1.165, 1.54) is 4.57 Å². The molecule has 0 spiro atoms. The number of nitrogens with one attached hydrogen (secondary N) is 3. The van der Waals surface area contributed by atoms with Gasteiger partial charge in [0.15, 0.2) is 11.2 Å². The SMILES string of the molecule is CCCCn1c(=O)[nH]c(=O)c2c1nc(COC(=O)C(NC(=O)Nc1ccccc1)C(C)C)n2CCC. The van der Waals surface area contributed by atoms with E-state index in [2.05, 4.69) is 20.6 Å². The molecule has 1 atom stereocenters. The molecule has 1 unspecified atom stereocenters. The number of aromatic amines is 1. The molecular formula is C25H34N6O5. The van der Waals surface area contributed by atoms with Gasteiger partial charge in [0, 0.05) is 18.8 Å². The van der Waals surface area contributed by atoms with E-state index in [-0.39, 0.29) is 23.7 Å². The van der Waals surface area contributed by atoms with Crippen LogP contribution in [0.25, 0.3) is 11.2 Å². The number of esters is 1. The van der Waals surface area contributed by atoms with E-state index in [0.29, 0.717) is 31.0 Å². The van der Waals surface area contributed by atoms with Crippen LogP contribution in [0.3, 0.4) is 0 Å². The summed E-state index contributed by atoms with van der Waals surface area (Å²) in [5, 5.41) is 5.35. The van der Waals surface area contributed by atoms with Gasteiger partial charge in [-0.15, -0.1) is 0 Å². The maximum atomic E-state index is 12.9. The van der Waals surface area contributed by atoms with Gasteiger partial charge >= 0.3 is 17.7 Å². The zero-order valence-corrected chi connectivity index (χ0v) is 21.2. The number of para-hydroxylation sites is 1. The molecule has 0 saturated heterocycles. The highest BCUT2D eigenvalue weighted by atomic mass is 16.5. The van der Waals surface area contributed by atoms with Crippen LogP contribution >= 0.6 is 0 Å². The van der Waals surface area contributed by atoms with E-state index < -0.39 is 29.3 Å². The summed E-state index contributed by atoms with van der Waals surface area (Å²) in [6, 6.07) is 7.47. The summed E-state index contributed by atoms with van der Waals surface area (Å²) in [5.74, 6) is -0.506. The number of amides is 2. The van der Waals surface area contributed by atoms with Crippen LogP contribution in [0, 0.1) is 5.92 Å². The summed E-state index contributed by atoms with van der Waals surface area (Å²) in [6.07, 6.45) is 2.32. The van der Waals surface area contributed by atoms with Gasteiger partial charge in [0.2, 0.25) is 0 Å². The molecule has 3 N–H and O–H groups in total. The van der Waals surface area contributed by atoms with Gasteiger partial charge in [-0.05, 0) is 30.9 Å². The second-order valence-corrected chi connectivity index (χ2v) is 8.91.